The summed E-state index contributed by atoms with van der Waals surface area (Å²) in [6.45, 7) is 0. The van der Waals surface area contributed by atoms with Gasteiger partial charge in [-0.3, -0.25) is 4.74 Å². The Kier molecular flexibility index (Phi) is 7.29. The van der Waals surface area contributed by atoms with E-state index in [1.54, 1.807) is 24.3 Å². The fraction of sp³-hybridized carbons (Fsp3) is 0.440. The Morgan fingerprint density at radius 3 is 1.80 bits per heavy atom. The summed E-state index contributed by atoms with van der Waals surface area (Å²) >= 11 is 0. The zero-order valence-electron chi connectivity index (χ0n) is 20.7. The van der Waals surface area contributed by atoms with Crippen LogP contribution in [0.5, 0.6) is 0 Å². The fourth-order valence-electron chi connectivity index (χ4n) is 5.04. The molecular weight excluding hydrogens is 556 g/mol. The summed E-state index contributed by atoms with van der Waals surface area (Å²) < 4.78 is 21.0. The first-order valence-corrected chi connectivity index (χ1v) is 12.1. The molecule has 0 aromatic heterocycles. The van der Waals surface area contributed by atoms with Crippen LogP contribution in [0.3, 0.4) is 0 Å². The van der Waals surface area contributed by atoms with Crippen LogP contribution < -0.4 is 0 Å². The molecule has 0 saturated carbocycles. The number of carbonyl (C=O) groups is 2. The van der Waals surface area contributed by atoms with Gasteiger partial charge in [0.05, 0.1) is 0 Å². The van der Waals surface area contributed by atoms with Crippen molar-refractivity contribution in [2.75, 3.05) is 0 Å². The maximum Gasteiger partial charge on any atom is 0.355 e. The molecule has 16 heteroatoms. The molecule has 16 nitrogen and oxygen atoms in total. The van der Waals surface area contributed by atoms with E-state index in [1.165, 1.54) is 12.1 Å². The highest BCUT2D eigenvalue weighted by Crippen LogP contribution is 2.45. The summed E-state index contributed by atoms with van der Waals surface area (Å²) in [5.74, 6) is -10.4. The zero-order valence-corrected chi connectivity index (χ0v) is 20.7. The summed E-state index contributed by atoms with van der Waals surface area (Å²) in [5.41, 5.74) is 0.490. The summed E-state index contributed by atoms with van der Waals surface area (Å²) in [7, 11) is 0. The van der Waals surface area contributed by atoms with E-state index in [0.29, 0.717) is 10.8 Å². The normalized spacial score (nSPS) is 40.6. The van der Waals surface area contributed by atoms with Gasteiger partial charge in [-0.25, -0.2) is 9.59 Å². The third-order valence-corrected chi connectivity index (χ3v) is 7.16. The van der Waals surface area contributed by atoms with E-state index in [2.05, 4.69) is 0 Å². The lowest BCUT2D eigenvalue weighted by molar-refractivity contribution is -0.450. The van der Waals surface area contributed by atoms with Gasteiger partial charge in [0.15, 0.2) is 24.4 Å². The molecular formula is C25H26O16. The lowest BCUT2D eigenvalue weighted by atomic mass is 9.89. The van der Waals surface area contributed by atoms with Crippen molar-refractivity contribution in [3.05, 3.63) is 53.6 Å². The molecule has 41 heavy (non-hydrogen) atoms. The van der Waals surface area contributed by atoms with Crippen molar-refractivity contribution in [3.63, 3.8) is 0 Å². The van der Waals surface area contributed by atoms with Crippen LogP contribution in [-0.4, -0.2) is 124 Å². The van der Waals surface area contributed by atoms with Crippen LogP contribution >= 0.6 is 0 Å². The summed E-state index contributed by atoms with van der Waals surface area (Å²) in [5, 5.41) is 103. The van der Waals surface area contributed by atoms with Crippen molar-refractivity contribution in [2.24, 2.45) is 0 Å². The van der Waals surface area contributed by atoms with Crippen LogP contribution in [0.2, 0.25) is 0 Å². The van der Waals surface area contributed by atoms with E-state index >= 15 is 0 Å². The Morgan fingerprint density at radius 1 is 0.732 bits per heavy atom. The number of aliphatic hydroxyl groups is 8. The minimum absolute atomic E-state index is 0.214. The highest BCUT2D eigenvalue weighted by atomic mass is 16.9. The molecule has 2 aromatic carbocycles. The summed E-state index contributed by atoms with van der Waals surface area (Å²) in [6, 6.07) is 9.50. The van der Waals surface area contributed by atoms with Gasteiger partial charge in [-0.2, -0.15) is 0 Å². The number of carboxylic acid groups (broad SMARTS) is 2. The van der Waals surface area contributed by atoms with E-state index in [1.807, 2.05) is 0 Å². The number of ether oxygens (including phenoxy) is 4. The average molecular weight is 582 g/mol. The predicted octanol–water partition coefficient (Wildman–Crippen LogP) is -3.31. The SMILES string of the molecule is O=C(O)[C@H]1O[C@@](O)(OC2=CC(O[C@]3(O)O[C@H](C(=O)O)[C@@H](O)[C@H](O)[C@H]3O)c3cccc4cccc2c34)[C@H](O)[C@@H](O)[C@@H]1O. The minimum atomic E-state index is -3.25. The maximum absolute atomic E-state index is 11.6. The molecule has 2 saturated heterocycles. The summed E-state index contributed by atoms with van der Waals surface area (Å²) in [4.78, 5) is 23.1. The molecule has 0 bridgehead atoms. The van der Waals surface area contributed by atoms with Crippen LogP contribution in [0.1, 0.15) is 17.2 Å². The first-order chi connectivity index (χ1) is 19.2. The molecule has 0 spiro atoms. The van der Waals surface area contributed by atoms with Gasteiger partial charge in [0.25, 0.3) is 0 Å². The Bertz CT molecular complexity index is 1390. The molecule has 0 radical (unpaired) electrons. The predicted molar refractivity (Wildman–Crippen MR) is 128 cm³/mol. The van der Waals surface area contributed by atoms with E-state index in [4.69, 9.17) is 18.9 Å². The van der Waals surface area contributed by atoms with Crippen LogP contribution in [0.15, 0.2) is 42.5 Å². The zero-order chi connectivity index (χ0) is 30.0. The van der Waals surface area contributed by atoms with Gasteiger partial charge in [0, 0.05) is 5.56 Å². The Morgan fingerprint density at radius 2 is 1.24 bits per heavy atom. The number of aliphatic hydroxyl groups excluding tert-OH is 6. The highest BCUT2D eigenvalue weighted by Gasteiger charge is 2.59. The van der Waals surface area contributed by atoms with Crippen LogP contribution in [0.4, 0.5) is 0 Å². The standard InChI is InChI=1S/C25H26O16/c26-14-16(28)20(30)24(36,40-18(14)22(32)33)38-11-7-12(10-6-2-4-8-3-1-5-9(11)13(8)10)39-25(37)21(31)17(29)15(27)19(41-25)23(34)35/h1-7,11,14-21,26-31,36-37H,(H,32,33)(H,34,35)/t11?,14-,15-,16-,17-,18-,19-,20+,21+,24-,25-/m0/s1. The molecule has 2 aliphatic heterocycles. The number of benzene rings is 2. The van der Waals surface area contributed by atoms with Crippen molar-refractivity contribution in [3.8, 4) is 0 Å². The largest absolute Gasteiger partial charge is 0.479 e. The van der Waals surface area contributed by atoms with Gasteiger partial charge in [-0.15, -0.1) is 0 Å². The smallest absolute Gasteiger partial charge is 0.355 e. The van der Waals surface area contributed by atoms with Gasteiger partial charge in [0.1, 0.15) is 36.3 Å². The molecule has 222 valence electrons. The third kappa shape index (κ3) is 4.74. The van der Waals surface area contributed by atoms with E-state index in [-0.39, 0.29) is 16.9 Å². The molecule has 11 atom stereocenters. The van der Waals surface area contributed by atoms with Crippen LogP contribution in [0, 0.1) is 0 Å². The maximum atomic E-state index is 11.6. The van der Waals surface area contributed by atoms with E-state index in [0.717, 1.165) is 6.08 Å². The van der Waals surface area contributed by atoms with Gasteiger partial charge in [0.2, 0.25) is 0 Å². The molecule has 1 unspecified atom stereocenters. The molecule has 2 heterocycles. The van der Waals surface area contributed by atoms with E-state index < -0.39 is 78.8 Å². The van der Waals surface area contributed by atoms with Crippen molar-refractivity contribution >= 4 is 28.5 Å². The van der Waals surface area contributed by atoms with Crippen molar-refractivity contribution in [1.82, 2.24) is 0 Å². The van der Waals surface area contributed by atoms with E-state index in [9.17, 15) is 60.7 Å². The lowest BCUT2D eigenvalue weighted by Gasteiger charge is -2.45. The highest BCUT2D eigenvalue weighted by molar-refractivity contribution is 5.97. The average Bonchev–Trinajstić information content (AvgIpc) is 2.93. The van der Waals surface area contributed by atoms with Crippen LogP contribution in [-0.2, 0) is 28.5 Å². The molecule has 1 aliphatic carbocycles. The second-order valence-electron chi connectivity index (χ2n) is 9.79. The van der Waals surface area contributed by atoms with Gasteiger partial charge in [-0.05, 0) is 22.4 Å². The quantitative estimate of drug-likeness (QED) is 0.149. The second-order valence-corrected chi connectivity index (χ2v) is 9.79. The molecule has 0 amide bonds. The van der Waals surface area contributed by atoms with Crippen molar-refractivity contribution < 1.29 is 79.6 Å². The molecule has 2 fully saturated rings. The third-order valence-electron chi connectivity index (χ3n) is 7.16. The molecule has 3 aliphatic rings. The van der Waals surface area contributed by atoms with Crippen molar-refractivity contribution in [2.45, 2.75) is 66.9 Å². The minimum Gasteiger partial charge on any atom is -0.479 e. The topological polar surface area (TPSA) is 273 Å². The molecule has 5 rings (SSSR count). The van der Waals surface area contributed by atoms with Gasteiger partial charge < -0.3 is 65.3 Å². The number of carboxylic acids is 2. The fourth-order valence-corrected chi connectivity index (χ4v) is 5.04. The first-order valence-electron chi connectivity index (χ1n) is 12.1. The number of aliphatic carboxylic acids is 2. The second kappa shape index (κ2) is 10.2. The number of hydrogen-bond donors (Lipinski definition) is 10. The Hall–Kier alpha value is -3.26. The lowest BCUT2D eigenvalue weighted by Crippen LogP contribution is -2.67. The number of hydrogen-bond acceptors (Lipinski definition) is 14. The Labute approximate surface area is 229 Å². The first kappa shape index (κ1) is 29.2. The molecule has 2 aromatic rings. The van der Waals surface area contributed by atoms with Crippen molar-refractivity contribution in [1.29, 1.82) is 0 Å². The number of rotatable bonds is 6. The Balaban J connectivity index is 1.57. The summed E-state index contributed by atoms with van der Waals surface area (Å²) in [6.07, 6.45) is -18.4. The van der Waals surface area contributed by atoms with Gasteiger partial charge >= 0.3 is 23.9 Å². The molecule has 10 N–H and O–H groups in total. The monoisotopic (exact) mass is 582 g/mol. The van der Waals surface area contributed by atoms with Crippen LogP contribution in [0.25, 0.3) is 16.5 Å². The van der Waals surface area contributed by atoms with Gasteiger partial charge in [-0.1, -0.05) is 36.4 Å².